The van der Waals surface area contributed by atoms with E-state index < -0.39 is 12.3 Å². The van der Waals surface area contributed by atoms with Crippen molar-refractivity contribution in [3.8, 4) is 0 Å². The molecule has 194 valence electrons. The fraction of sp³-hybridized carbons (Fsp3) is 0.321. The molecule has 4 rings (SSSR count). The summed E-state index contributed by atoms with van der Waals surface area (Å²) >= 11 is 1.64. The monoisotopic (exact) mass is 522 g/mol. The number of aromatic nitrogens is 1. The maximum absolute atomic E-state index is 12.1. The number of ether oxygens (including phenoxy) is 2. The van der Waals surface area contributed by atoms with Crippen LogP contribution in [0.15, 0.2) is 78.0 Å². The van der Waals surface area contributed by atoms with Crippen LogP contribution in [-0.4, -0.2) is 38.9 Å². The van der Waals surface area contributed by atoms with E-state index in [1.165, 1.54) is 0 Å². The van der Waals surface area contributed by atoms with Gasteiger partial charge in [-0.2, -0.15) is 0 Å². The Morgan fingerprint density at radius 1 is 0.973 bits per heavy atom. The van der Waals surface area contributed by atoms with E-state index in [2.05, 4.69) is 10.3 Å². The zero-order valence-corrected chi connectivity index (χ0v) is 21.1. The maximum Gasteiger partial charge on any atom is 0.303 e. The highest BCUT2D eigenvalue weighted by Crippen LogP contribution is 2.39. The quantitative estimate of drug-likeness (QED) is 0.298. The van der Waals surface area contributed by atoms with Gasteiger partial charge in [-0.05, 0) is 41.8 Å². The number of aliphatic carboxylic acids is 1. The molecular formula is C28H30N2O6S. The summed E-state index contributed by atoms with van der Waals surface area (Å²) in [6.07, 6.45) is 2.00. The molecule has 1 aromatic heterocycles. The Bertz CT molecular complexity index is 1160. The van der Waals surface area contributed by atoms with E-state index in [-0.39, 0.29) is 37.6 Å². The van der Waals surface area contributed by atoms with Crippen molar-refractivity contribution in [2.24, 2.45) is 0 Å². The van der Waals surface area contributed by atoms with Gasteiger partial charge in [0.1, 0.15) is 0 Å². The maximum atomic E-state index is 12.1. The zero-order chi connectivity index (χ0) is 26.0. The number of aliphatic hydroxyl groups is 1. The molecule has 3 aromatic rings. The number of carbonyl (C=O) groups excluding carboxylic acids is 1. The van der Waals surface area contributed by atoms with E-state index in [0.717, 1.165) is 21.7 Å². The summed E-state index contributed by atoms with van der Waals surface area (Å²) in [4.78, 5) is 27.1. The number of rotatable bonds is 11. The predicted octanol–water partition coefficient (Wildman–Crippen LogP) is 5.11. The Balaban J connectivity index is 1.43. The lowest BCUT2D eigenvalue weighted by Crippen LogP contribution is -2.31. The topological polar surface area (TPSA) is 118 Å². The van der Waals surface area contributed by atoms with Crippen LogP contribution in [0.4, 0.5) is 5.69 Å². The largest absolute Gasteiger partial charge is 0.481 e. The Hall–Kier alpha value is -3.24. The Labute approximate surface area is 220 Å². The predicted molar refractivity (Wildman–Crippen MR) is 140 cm³/mol. The normalized spacial score (nSPS) is 19.3. The van der Waals surface area contributed by atoms with Crippen LogP contribution in [0, 0.1) is 0 Å². The first-order valence-corrected chi connectivity index (χ1v) is 13.1. The lowest BCUT2D eigenvalue weighted by atomic mass is 10.0. The van der Waals surface area contributed by atoms with Crippen molar-refractivity contribution in [1.82, 2.24) is 4.98 Å². The summed E-state index contributed by atoms with van der Waals surface area (Å²) in [5.74, 6) is -0.423. The van der Waals surface area contributed by atoms with Crippen LogP contribution in [0.1, 0.15) is 54.8 Å². The minimum Gasteiger partial charge on any atom is -0.481 e. The Kier molecular flexibility index (Phi) is 9.67. The van der Waals surface area contributed by atoms with Crippen LogP contribution in [0.25, 0.3) is 0 Å². The molecule has 1 amide bonds. The van der Waals surface area contributed by atoms with Crippen LogP contribution >= 0.6 is 11.8 Å². The van der Waals surface area contributed by atoms with Crippen LogP contribution in [0.3, 0.4) is 0 Å². The van der Waals surface area contributed by atoms with Gasteiger partial charge in [-0.1, -0.05) is 42.5 Å². The minimum absolute atomic E-state index is 0.0106. The van der Waals surface area contributed by atoms with E-state index >= 15 is 0 Å². The number of hydrogen-bond acceptors (Lipinski definition) is 7. The second-order valence-corrected chi connectivity index (χ2v) is 9.79. The van der Waals surface area contributed by atoms with Gasteiger partial charge in [0.15, 0.2) is 6.29 Å². The first kappa shape index (κ1) is 26.8. The third-order valence-electron chi connectivity index (χ3n) is 5.93. The van der Waals surface area contributed by atoms with E-state index in [0.29, 0.717) is 24.3 Å². The van der Waals surface area contributed by atoms with Crippen molar-refractivity contribution < 1.29 is 29.3 Å². The number of hydrogen-bond donors (Lipinski definition) is 3. The molecular weight excluding hydrogens is 492 g/mol. The standard InChI is InChI=1S/C28H30N2O6S/c31-17-19-7-9-20(10-8-19)24-16-23(18-37-26-5-1-2-15-29-26)35-28(36-24)21-11-13-22(14-12-21)30-25(32)4-3-6-27(33)34/h1-2,5,7-15,23-24,28,31H,3-4,6,16-18H2,(H,30,32)(H,33,34)/t23-,24+,28+/m1/s1. The molecule has 9 heteroatoms. The highest BCUT2D eigenvalue weighted by molar-refractivity contribution is 7.99. The van der Waals surface area contributed by atoms with E-state index in [1.54, 1.807) is 30.1 Å². The van der Waals surface area contributed by atoms with Crippen molar-refractivity contribution in [2.45, 2.75) is 55.8 Å². The molecule has 0 aliphatic carbocycles. The van der Waals surface area contributed by atoms with E-state index in [9.17, 15) is 14.7 Å². The molecule has 0 bridgehead atoms. The van der Waals surface area contributed by atoms with Gasteiger partial charge >= 0.3 is 5.97 Å². The number of benzene rings is 2. The van der Waals surface area contributed by atoms with Crippen molar-refractivity contribution >= 4 is 29.3 Å². The number of thioether (sulfide) groups is 1. The number of anilines is 1. The van der Waals surface area contributed by atoms with Crippen molar-refractivity contribution in [2.75, 3.05) is 11.1 Å². The molecule has 2 aromatic carbocycles. The van der Waals surface area contributed by atoms with Crippen molar-refractivity contribution in [3.63, 3.8) is 0 Å². The van der Waals surface area contributed by atoms with Crippen LogP contribution in [-0.2, 0) is 25.7 Å². The number of nitrogens with one attached hydrogen (secondary N) is 1. The van der Waals surface area contributed by atoms with Gasteiger partial charge in [-0.15, -0.1) is 11.8 Å². The molecule has 0 radical (unpaired) electrons. The summed E-state index contributed by atoms with van der Waals surface area (Å²) in [5, 5.41) is 21.8. The SMILES string of the molecule is O=C(O)CCCC(=O)Nc1ccc([C@H]2O[C@@H](CSc3ccccn3)C[C@@H](c3ccc(CO)cc3)O2)cc1. The van der Waals surface area contributed by atoms with Crippen molar-refractivity contribution in [1.29, 1.82) is 0 Å². The third kappa shape index (κ3) is 8.13. The van der Waals surface area contributed by atoms with E-state index in [1.807, 2.05) is 54.6 Å². The molecule has 3 atom stereocenters. The first-order chi connectivity index (χ1) is 18.0. The molecule has 1 saturated heterocycles. The highest BCUT2D eigenvalue weighted by Gasteiger charge is 2.32. The van der Waals surface area contributed by atoms with Gasteiger partial charge in [0, 0.05) is 42.5 Å². The number of amides is 1. The Morgan fingerprint density at radius 2 is 1.73 bits per heavy atom. The molecule has 8 nitrogen and oxygen atoms in total. The highest BCUT2D eigenvalue weighted by atomic mass is 32.2. The second-order valence-electron chi connectivity index (χ2n) is 8.75. The summed E-state index contributed by atoms with van der Waals surface area (Å²) in [6.45, 7) is -0.0106. The average Bonchev–Trinajstić information content (AvgIpc) is 2.92. The fourth-order valence-corrected chi connectivity index (χ4v) is 4.86. The number of carboxylic acid groups (broad SMARTS) is 1. The summed E-state index contributed by atoms with van der Waals surface area (Å²) < 4.78 is 12.7. The average molecular weight is 523 g/mol. The van der Waals surface area contributed by atoms with Gasteiger partial charge < -0.3 is 25.0 Å². The summed E-state index contributed by atoms with van der Waals surface area (Å²) in [6, 6.07) is 20.9. The molecule has 2 heterocycles. The summed E-state index contributed by atoms with van der Waals surface area (Å²) in [5.41, 5.74) is 3.31. The Morgan fingerprint density at radius 3 is 2.41 bits per heavy atom. The number of carboxylic acids is 1. The molecule has 0 saturated carbocycles. The molecule has 37 heavy (non-hydrogen) atoms. The molecule has 1 aliphatic heterocycles. The van der Waals surface area contributed by atoms with Gasteiger partial charge in [-0.3, -0.25) is 9.59 Å². The van der Waals surface area contributed by atoms with Crippen LogP contribution in [0.2, 0.25) is 0 Å². The third-order valence-corrected chi connectivity index (χ3v) is 7.01. The number of carbonyl (C=O) groups is 2. The fourth-order valence-electron chi connectivity index (χ4n) is 3.98. The lowest BCUT2D eigenvalue weighted by molar-refractivity contribution is -0.245. The van der Waals surface area contributed by atoms with Gasteiger partial charge in [0.25, 0.3) is 0 Å². The number of nitrogens with zero attached hydrogens (tertiary/aromatic N) is 1. The first-order valence-electron chi connectivity index (χ1n) is 12.2. The molecule has 1 fully saturated rings. The van der Waals surface area contributed by atoms with Crippen molar-refractivity contribution in [3.05, 3.63) is 89.6 Å². The molecule has 3 N–H and O–H groups in total. The smallest absolute Gasteiger partial charge is 0.303 e. The van der Waals surface area contributed by atoms with Crippen LogP contribution in [0.5, 0.6) is 0 Å². The van der Waals surface area contributed by atoms with Gasteiger partial charge in [-0.25, -0.2) is 4.98 Å². The van der Waals surface area contributed by atoms with Gasteiger partial charge in [0.05, 0.1) is 23.8 Å². The number of pyridine rings is 1. The number of aliphatic hydroxyl groups excluding tert-OH is 1. The molecule has 1 aliphatic rings. The van der Waals surface area contributed by atoms with Crippen LogP contribution < -0.4 is 5.32 Å². The van der Waals surface area contributed by atoms with E-state index in [4.69, 9.17) is 14.6 Å². The second kappa shape index (κ2) is 13.3. The summed E-state index contributed by atoms with van der Waals surface area (Å²) in [7, 11) is 0. The molecule has 0 unspecified atom stereocenters. The lowest BCUT2D eigenvalue weighted by Gasteiger charge is -2.36. The zero-order valence-electron chi connectivity index (χ0n) is 20.3. The molecule has 0 spiro atoms. The van der Waals surface area contributed by atoms with Gasteiger partial charge in [0.2, 0.25) is 5.91 Å². The minimum atomic E-state index is -0.913.